The monoisotopic (exact) mass is 345 g/mol. The molecular weight excluding hydrogens is 325 g/mol. The molecule has 0 bridgehead atoms. The number of hydrogen-bond donors (Lipinski definition) is 3. The predicted octanol–water partition coefficient (Wildman–Crippen LogP) is 1.50. The molecule has 1 aromatic carbocycles. The van der Waals surface area contributed by atoms with Crippen molar-refractivity contribution in [3.05, 3.63) is 34.8 Å². The lowest BCUT2D eigenvalue weighted by molar-refractivity contribution is 0.0859. The number of nitrogens with two attached hydrogens (primary N) is 1. The Labute approximate surface area is 144 Å². The van der Waals surface area contributed by atoms with Gasteiger partial charge in [0.15, 0.2) is 0 Å². The van der Waals surface area contributed by atoms with Crippen LogP contribution in [0.3, 0.4) is 0 Å². The number of anilines is 2. The normalized spacial score (nSPS) is 18.9. The molecule has 7 nitrogen and oxygen atoms in total. The van der Waals surface area contributed by atoms with Crippen LogP contribution in [0.15, 0.2) is 12.1 Å². The predicted molar refractivity (Wildman–Crippen MR) is 91.5 cm³/mol. The van der Waals surface area contributed by atoms with Crippen molar-refractivity contribution < 1.29 is 13.9 Å². The minimum Gasteiger partial charge on any atom is -0.494 e. The van der Waals surface area contributed by atoms with Crippen molar-refractivity contribution in [2.75, 3.05) is 31.2 Å². The highest BCUT2D eigenvalue weighted by Crippen LogP contribution is 2.40. The van der Waals surface area contributed by atoms with Crippen LogP contribution in [0.5, 0.6) is 5.75 Å². The van der Waals surface area contributed by atoms with Crippen LogP contribution in [-0.2, 0) is 13.0 Å². The second-order valence-electron chi connectivity index (χ2n) is 6.33. The molecule has 1 atom stereocenters. The number of rotatable bonds is 2. The zero-order valence-electron chi connectivity index (χ0n) is 13.9. The van der Waals surface area contributed by atoms with Crippen molar-refractivity contribution in [1.82, 2.24) is 15.1 Å². The number of methoxy groups -OCH3 is 1. The molecule has 4 N–H and O–H groups in total. The Hall–Kier alpha value is -2.61. The highest BCUT2D eigenvalue weighted by Gasteiger charge is 2.33. The second kappa shape index (κ2) is 6.03. The van der Waals surface area contributed by atoms with Crippen LogP contribution < -0.4 is 21.1 Å². The lowest BCUT2D eigenvalue weighted by Gasteiger charge is -2.27. The summed E-state index contributed by atoms with van der Waals surface area (Å²) in [6.45, 7) is 2.02. The Morgan fingerprint density at radius 3 is 3.04 bits per heavy atom. The average molecular weight is 345 g/mol. The fraction of sp³-hybridized carbons (Fsp3) is 0.412. The first-order valence-corrected chi connectivity index (χ1v) is 8.32. The Morgan fingerprint density at radius 1 is 1.44 bits per heavy atom. The highest BCUT2D eigenvalue weighted by atomic mass is 19.1. The number of carbonyl (C=O) groups excluding carboxylic acids is 1. The first-order valence-electron chi connectivity index (χ1n) is 8.32. The Morgan fingerprint density at radius 2 is 2.28 bits per heavy atom. The fourth-order valence-corrected chi connectivity index (χ4v) is 3.62. The molecule has 0 radical (unpaired) electrons. The zero-order valence-corrected chi connectivity index (χ0v) is 13.9. The summed E-state index contributed by atoms with van der Waals surface area (Å²) in [6, 6.07) is 2.69. The number of nitrogens with zero attached hydrogens (tertiary/aromatic N) is 2. The molecule has 3 heterocycles. The maximum Gasteiger partial charge on any atom is 0.256 e. The highest BCUT2D eigenvalue weighted by molar-refractivity contribution is 5.91. The average Bonchev–Trinajstić information content (AvgIpc) is 2.97. The van der Waals surface area contributed by atoms with Crippen LogP contribution in [0.2, 0.25) is 0 Å². The van der Waals surface area contributed by atoms with Crippen molar-refractivity contribution in [2.24, 2.45) is 0 Å². The van der Waals surface area contributed by atoms with E-state index in [0.717, 1.165) is 24.2 Å². The number of nitrogen functional groups attached to an aromatic ring is 1. The summed E-state index contributed by atoms with van der Waals surface area (Å²) < 4.78 is 20.5. The summed E-state index contributed by atoms with van der Waals surface area (Å²) in [6.07, 6.45) is 1.28. The van der Waals surface area contributed by atoms with Gasteiger partial charge in [-0.25, -0.2) is 4.39 Å². The molecule has 2 aliphatic heterocycles. The number of ether oxygens (including phenoxy) is 1. The number of fused-ring (bicyclic) bond motifs is 2. The van der Waals surface area contributed by atoms with Gasteiger partial charge < -0.3 is 21.1 Å². The fourth-order valence-electron chi connectivity index (χ4n) is 3.62. The molecule has 25 heavy (non-hydrogen) atoms. The van der Waals surface area contributed by atoms with Gasteiger partial charge in [-0.1, -0.05) is 0 Å². The SMILES string of the molecule is COc1cc(F)cc2c1NCCC2C(=O)n1nc2c(c1N)CNCC2. The third-order valence-electron chi connectivity index (χ3n) is 4.88. The van der Waals surface area contributed by atoms with E-state index in [-0.39, 0.29) is 5.91 Å². The maximum atomic E-state index is 14.0. The second-order valence-corrected chi connectivity index (χ2v) is 6.33. The van der Waals surface area contributed by atoms with E-state index >= 15 is 0 Å². The number of nitrogens with one attached hydrogen (secondary N) is 2. The number of aromatic nitrogens is 2. The van der Waals surface area contributed by atoms with Crippen molar-refractivity contribution in [2.45, 2.75) is 25.3 Å². The van der Waals surface area contributed by atoms with Gasteiger partial charge in [-0.05, 0) is 18.1 Å². The minimum atomic E-state index is -0.516. The third kappa shape index (κ3) is 2.53. The van der Waals surface area contributed by atoms with Crippen molar-refractivity contribution in [1.29, 1.82) is 0 Å². The van der Waals surface area contributed by atoms with Crippen LogP contribution in [-0.4, -0.2) is 35.9 Å². The van der Waals surface area contributed by atoms with Crippen molar-refractivity contribution in [3.8, 4) is 5.75 Å². The van der Waals surface area contributed by atoms with E-state index in [1.54, 1.807) is 0 Å². The van der Waals surface area contributed by atoms with Gasteiger partial charge in [-0.2, -0.15) is 9.78 Å². The molecular formula is C17H20FN5O2. The number of halogens is 1. The molecule has 0 saturated heterocycles. The van der Waals surface area contributed by atoms with Gasteiger partial charge in [0.05, 0.1) is 24.4 Å². The largest absolute Gasteiger partial charge is 0.494 e. The van der Waals surface area contributed by atoms with Gasteiger partial charge in [-0.3, -0.25) is 4.79 Å². The standard InChI is InChI=1S/C17H20FN5O2/c1-25-14-7-9(18)6-11-10(2-5-21-15(11)14)17(24)23-16(19)12-8-20-4-3-13(12)22-23/h6-7,10,20-21H,2-5,8,19H2,1H3. The van der Waals surface area contributed by atoms with Crippen LogP contribution >= 0.6 is 0 Å². The van der Waals surface area contributed by atoms with Crippen molar-refractivity contribution in [3.63, 3.8) is 0 Å². The van der Waals surface area contributed by atoms with Gasteiger partial charge in [0.2, 0.25) is 0 Å². The van der Waals surface area contributed by atoms with Crippen LogP contribution in [0.1, 0.15) is 34.0 Å². The van der Waals surface area contributed by atoms with E-state index < -0.39 is 11.7 Å². The summed E-state index contributed by atoms with van der Waals surface area (Å²) in [7, 11) is 1.48. The van der Waals surface area contributed by atoms with E-state index in [1.807, 2.05) is 0 Å². The number of benzene rings is 1. The van der Waals surface area contributed by atoms with E-state index in [4.69, 9.17) is 10.5 Å². The molecule has 0 aliphatic carbocycles. The molecule has 0 spiro atoms. The Kier molecular flexibility index (Phi) is 3.84. The molecule has 0 saturated carbocycles. The molecule has 4 rings (SSSR count). The van der Waals surface area contributed by atoms with E-state index in [9.17, 15) is 9.18 Å². The Bertz CT molecular complexity index is 848. The van der Waals surface area contributed by atoms with Crippen LogP contribution in [0, 0.1) is 5.82 Å². The van der Waals surface area contributed by atoms with E-state index in [1.165, 1.54) is 23.9 Å². The summed E-state index contributed by atoms with van der Waals surface area (Å²) >= 11 is 0. The lowest BCUT2D eigenvalue weighted by Crippen LogP contribution is -2.29. The Balaban J connectivity index is 1.76. The molecule has 2 aromatic rings. The summed E-state index contributed by atoms with van der Waals surface area (Å²) in [5.74, 6) is -0.422. The molecule has 0 amide bonds. The first-order chi connectivity index (χ1) is 12.1. The minimum absolute atomic E-state index is 0.234. The molecule has 1 aromatic heterocycles. The van der Waals surface area contributed by atoms with Gasteiger partial charge in [0.1, 0.15) is 17.4 Å². The molecule has 8 heteroatoms. The quantitative estimate of drug-likeness (QED) is 0.764. The molecule has 132 valence electrons. The van der Waals surface area contributed by atoms with Gasteiger partial charge >= 0.3 is 0 Å². The topological polar surface area (TPSA) is 94.2 Å². The molecule has 2 aliphatic rings. The maximum absolute atomic E-state index is 14.0. The smallest absolute Gasteiger partial charge is 0.256 e. The van der Waals surface area contributed by atoms with Crippen LogP contribution in [0.4, 0.5) is 15.9 Å². The number of carbonyl (C=O) groups is 1. The van der Waals surface area contributed by atoms with Gasteiger partial charge in [-0.15, -0.1) is 0 Å². The summed E-state index contributed by atoms with van der Waals surface area (Å²) in [4.78, 5) is 13.1. The molecule has 1 unspecified atom stereocenters. The molecule has 0 fully saturated rings. The third-order valence-corrected chi connectivity index (χ3v) is 4.88. The zero-order chi connectivity index (χ0) is 17.6. The van der Waals surface area contributed by atoms with E-state index in [2.05, 4.69) is 15.7 Å². The lowest BCUT2D eigenvalue weighted by atomic mass is 9.89. The van der Waals surface area contributed by atoms with Gasteiger partial charge in [0.25, 0.3) is 5.91 Å². The summed E-state index contributed by atoms with van der Waals surface area (Å²) in [5.41, 5.74) is 9.14. The van der Waals surface area contributed by atoms with Gasteiger partial charge in [0, 0.05) is 37.7 Å². The number of hydrogen-bond acceptors (Lipinski definition) is 6. The summed E-state index contributed by atoms with van der Waals surface area (Å²) in [5, 5.41) is 10.8. The van der Waals surface area contributed by atoms with Crippen molar-refractivity contribution >= 4 is 17.4 Å². The first kappa shape index (κ1) is 15.9. The van der Waals surface area contributed by atoms with E-state index in [0.29, 0.717) is 42.3 Å². The van der Waals surface area contributed by atoms with Crippen LogP contribution in [0.25, 0.3) is 0 Å².